The second kappa shape index (κ2) is 8.43. The molecular weight excluding hydrogens is 262 g/mol. The molecule has 1 aromatic rings. The normalized spacial score (nSPS) is 11.0. The third-order valence-corrected chi connectivity index (χ3v) is 2.94. The second-order valence-electron chi connectivity index (χ2n) is 3.88. The Morgan fingerprint density at radius 2 is 2.26 bits per heavy atom. The Balaban J connectivity index is 2.46. The van der Waals surface area contributed by atoms with Crippen molar-refractivity contribution in [3.8, 4) is 5.75 Å². The van der Waals surface area contributed by atoms with Gasteiger partial charge < -0.3 is 15.4 Å². The summed E-state index contributed by atoms with van der Waals surface area (Å²) in [6.45, 7) is 5.08. The summed E-state index contributed by atoms with van der Waals surface area (Å²) in [6.07, 6.45) is 2.60. The lowest BCUT2D eigenvalue weighted by Crippen LogP contribution is -2.38. The number of benzene rings is 1. The van der Waals surface area contributed by atoms with Gasteiger partial charge in [0, 0.05) is 25.2 Å². The summed E-state index contributed by atoms with van der Waals surface area (Å²) in [6, 6.07) is 5.70. The van der Waals surface area contributed by atoms with Crippen LogP contribution in [0.25, 0.3) is 0 Å². The van der Waals surface area contributed by atoms with Gasteiger partial charge in [0.1, 0.15) is 5.75 Å². The number of halogens is 1. The van der Waals surface area contributed by atoms with Crippen LogP contribution in [0.5, 0.6) is 5.75 Å². The number of guanidine groups is 1. The summed E-state index contributed by atoms with van der Waals surface area (Å²) in [5, 5.41) is 7.03. The Bertz CT molecular complexity index is 446. The molecule has 0 atom stereocenters. The first kappa shape index (κ1) is 15.4. The number of hydrogen-bond acceptors (Lipinski definition) is 2. The SMILES string of the molecule is C=CCNC(=NC)NCCc1ccc(OC)cc1Cl. The number of hydrogen-bond donors (Lipinski definition) is 2. The molecule has 0 fully saturated rings. The van der Waals surface area contributed by atoms with Crippen LogP contribution in [0.3, 0.4) is 0 Å². The minimum absolute atomic E-state index is 0.683. The molecular formula is C14H20ClN3O. The predicted molar refractivity (Wildman–Crippen MR) is 81.3 cm³/mol. The summed E-state index contributed by atoms with van der Waals surface area (Å²) >= 11 is 6.17. The molecule has 0 radical (unpaired) electrons. The van der Waals surface area contributed by atoms with Gasteiger partial charge in [-0.2, -0.15) is 0 Å². The first-order valence-corrected chi connectivity index (χ1v) is 6.47. The maximum atomic E-state index is 6.17. The van der Waals surface area contributed by atoms with Crippen LogP contribution < -0.4 is 15.4 Å². The predicted octanol–water partition coefficient (Wildman–Crippen LogP) is 2.24. The number of ether oxygens (including phenoxy) is 1. The Hall–Kier alpha value is -1.68. The molecule has 0 aliphatic rings. The minimum Gasteiger partial charge on any atom is -0.497 e. The van der Waals surface area contributed by atoms with Crippen LogP contribution in [0.2, 0.25) is 5.02 Å². The molecule has 2 N–H and O–H groups in total. The smallest absolute Gasteiger partial charge is 0.191 e. The Kier molecular flexibility index (Phi) is 6.82. The highest BCUT2D eigenvalue weighted by molar-refractivity contribution is 6.31. The molecule has 0 unspecified atom stereocenters. The van der Waals surface area contributed by atoms with E-state index in [1.807, 2.05) is 18.2 Å². The summed E-state index contributed by atoms with van der Waals surface area (Å²) in [5.74, 6) is 1.52. The maximum Gasteiger partial charge on any atom is 0.191 e. The highest BCUT2D eigenvalue weighted by atomic mass is 35.5. The van der Waals surface area contributed by atoms with E-state index in [1.165, 1.54) is 0 Å². The lowest BCUT2D eigenvalue weighted by molar-refractivity contribution is 0.414. The molecule has 5 heteroatoms. The van der Waals surface area contributed by atoms with E-state index < -0.39 is 0 Å². The fourth-order valence-corrected chi connectivity index (χ4v) is 1.83. The molecule has 104 valence electrons. The van der Waals surface area contributed by atoms with Gasteiger partial charge in [0.15, 0.2) is 5.96 Å². The number of methoxy groups -OCH3 is 1. The van der Waals surface area contributed by atoms with E-state index in [2.05, 4.69) is 22.2 Å². The van der Waals surface area contributed by atoms with Crippen molar-refractivity contribution < 1.29 is 4.74 Å². The van der Waals surface area contributed by atoms with E-state index in [0.29, 0.717) is 6.54 Å². The van der Waals surface area contributed by atoms with Crippen molar-refractivity contribution in [2.24, 2.45) is 4.99 Å². The number of aliphatic imine (C=N–C) groups is 1. The van der Waals surface area contributed by atoms with Crippen LogP contribution in [-0.2, 0) is 6.42 Å². The molecule has 0 aliphatic carbocycles. The van der Waals surface area contributed by atoms with E-state index >= 15 is 0 Å². The zero-order chi connectivity index (χ0) is 14.1. The quantitative estimate of drug-likeness (QED) is 0.478. The highest BCUT2D eigenvalue weighted by Gasteiger charge is 2.03. The lowest BCUT2D eigenvalue weighted by Gasteiger charge is -2.11. The van der Waals surface area contributed by atoms with Gasteiger partial charge in [-0.15, -0.1) is 6.58 Å². The Morgan fingerprint density at radius 3 is 2.84 bits per heavy atom. The lowest BCUT2D eigenvalue weighted by atomic mass is 10.1. The number of nitrogens with one attached hydrogen (secondary N) is 2. The molecule has 0 amide bonds. The molecule has 0 heterocycles. The van der Waals surface area contributed by atoms with Gasteiger partial charge >= 0.3 is 0 Å². The number of nitrogens with zero attached hydrogens (tertiary/aromatic N) is 1. The van der Waals surface area contributed by atoms with Crippen molar-refractivity contribution in [2.45, 2.75) is 6.42 Å². The first-order valence-electron chi connectivity index (χ1n) is 6.09. The van der Waals surface area contributed by atoms with E-state index in [0.717, 1.165) is 35.3 Å². The molecule has 0 aliphatic heterocycles. The second-order valence-corrected chi connectivity index (χ2v) is 4.28. The van der Waals surface area contributed by atoms with Gasteiger partial charge in [-0.3, -0.25) is 4.99 Å². The van der Waals surface area contributed by atoms with E-state index in [4.69, 9.17) is 16.3 Å². The van der Waals surface area contributed by atoms with Crippen LogP contribution in [0.4, 0.5) is 0 Å². The van der Waals surface area contributed by atoms with Crippen molar-refractivity contribution in [3.63, 3.8) is 0 Å². The molecule has 0 saturated heterocycles. The Morgan fingerprint density at radius 1 is 1.47 bits per heavy atom. The molecule has 0 saturated carbocycles. The fourth-order valence-electron chi connectivity index (χ4n) is 1.56. The zero-order valence-electron chi connectivity index (χ0n) is 11.4. The van der Waals surface area contributed by atoms with Gasteiger partial charge in [-0.05, 0) is 24.1 Å². The third-order valence-electron chi connectivity index (χ3n) is 2.58. The molecule has 4 nitrogen and oxygen atoms in total. The van der Waals surface area contributed by atoms with Crippen LogP contribution in [0, 0.1) is 0 Å². The maximum absolute atomic E-state index is 6.17. The van der Waals surface area contributed by atoms with Gasteiger partial charge in [0.25, 0.3) is 0 Å². The average molecular weight is 282 g/mol. The third kappa shape index (κ3) is 5.22. The molecule has 0 aromatic heterocycles. The summed E-state index contributed by atoms with van der Waals surface area (Å²) in [7, 11) is 3.36. The van der Waals surface area contributed by atoms with Gasteiger partial charge in [-0.1, -0.05) is 23.7 Å². The van der Waals surface area contributed by atoms with Gasteiger partial charge in [0.05, 0.1) is 7.11 Å². The summed E-state index contributed by atoms with van der Waals surface area (Å²) in [4.78, 5) is 4.10. The zero-order valence-corrected chi connectivity index (χ0v) is 12.1. The largest absolute Gasteiger partial charge is 0.497 e. The van der Waals surface area contributed by atoms with Crippen molar-refractivity contribution in [1.82, 2.24) is 10.6 Å². The van der Waals surface area contributed by atoms with Crippen molar-refractivity contribution in [1.29, 1.82) is 0 Å². The fraction of sp³-hybridized carbons (Fsp3) is 0.357. The van der Waals surface area contributed by atoms with E-state index in [-0.39, 0.29) is 0 Å². The van der Waals surface area contributed by atoms with Crippen LogP contribution >= 0.6 is 11.6 Å². The van der Waals surface area contributed by atoms with E-state index in [9.17, 15) is 0 Å². The average Bonchev–Trinajstić information content (AvgIpc) is 2.44. The van der Waals surface area contributed by atoms with Crippen LogP contribution in [0.1, 0.15) is 5.56 Å². The van der Waals surface area contributed by atoms with Crippen molar-refractivity contribution in [2.75, 3.05) is 27.2 Å². The summed E-state index contributed by atoms with van der Waals surface area (Å²) in [5.41, 5.74) is 1.08. The molecule has 0 spiro atoms. The topological polar surface area (TPSA) is 45.7 Å². The molecule has 0 bridgehead atoms. The molecule has 19 heavy (non-hydrogen) atoms. The van der Waals surface area contributed by atoms with Crippen LogP contribution in [0.15, 0.2) is 35.8 Å². The minimum atomic E-state index is 0.683. The van der Waals surface area contributed by atoms with Gasteiger partial charge in [0.2, 0.25) is 0 Å². The first-order chi connectivity index (χ1) is 9.21. The van der Waals surface area contributed by atoms with Crippen LogP contribution in [-0.4, -0.2) is 33.2 Å². The van der Waals surface area contributed by atoms with E-state index in [1.54, 1.807) is 20.2 Å². The monoisotopic (exact) mass is 281 g/mol. The molecule has 1 aromatic carbocycles. The van der Waals surface area contributed by atoms with Crippen molar-refractivity contribution in [3.05, 3.63) is 41.4 Å². The Labute approximate surface area is 119 Å². The van der Waals surface area contributed by atoms with Crippen molar-refractivity contribution >= 4 is 17.6 Å². The summed E-state index contributed by atoms with van der Waals surface area (Å²) < 4.78 is 5.12. The number of rotatable bonds is 6. The molecule has 1 rings (SSSR count). The highest BCUT2D eigenvalue weighted by Crippen LogP contribution is 2.22. The standard InChI is InChI=1S/C14H20ClN3O/c1-4-8-17-14(16-2)18-9-7-11-5-6-12(19-3)10-13(11)15/h4-6,10H,1,7-9H2,2-3H3,(H2,16,17,18). The van der Waals surface area contributed by atoms with Gasteiger partial charge in [-0.25, -0.2) is 0 Å².